The van der Waals surface area contributed by atoms with Gasteiger partial charge in [0, 0.05) is 16.2 Å². The van der Waals surface area contributed by atoms with Gasteiger partial charge in [0.25, 0.3) is 0 Å². The maximum atomic E-state index is 9.85. The third-order valence-electron chi connectivity index (χ3n) is 7.69. The summed E-state index contributed by atoms with van der Waals surface area (Å²) in [6.07, 6.45) is 0. The number of furan rings is 1. The lowest BCUT2D eigenvalue weighted by atomic mass is 9.83. The summed E-state index contributed by atoms with van der Waals surface area (Å²) >= 11 is 0. The monoisotopic (exact) mass is 596 g/mol. The Morgan fingerprint density at radius 3 is 1.62 bits per heavy atom. The third kappa shape index (κ3) is 3.50. The Balaban J connectivity index is 1.56. The minimum atomic E-state index is -0.984. The number of fused-ring (bicyclic) bond motifs is 10. The zero-order valence-electron chi connectivity index (χ0n) is 48.4. The van der Waals surface area contributed by atoms with Gasteiger partial charge in [0.1, 0.15) is 11.2 Å². The first-order valence-electron chi connectivity index (χ1n) is 26.4. The van der Waals surface area contributed by atoms with Crippen molar-refractivity contribution in [1.29, 1.82) is 0 Å². The van der Waals surface area contributed by atoms with E-state index in [4.69, 9.17) is 27.7 Å². The highest BCUT2D eigenvalue weighted by Crippen LogP contribution is 2.47. The van der Waals surface area contributed by atoms with E-state index in [1.807, 2.05) is 0 Å². The molecule has 0 aliphatic carbocycles. The van der Waals surface area contributed by atoms with E-state index in [9.17, 15) is 12.3 Å². The highest BCUT2D eigenvalue weighted by atomic mass is 16.3. The smallest absolute Gasteiger partial charge is 0.143 e. The molecule has 1 nitrogen and oxygen atoms in total. The van der Waals surface area contributed by atoms with Gasteiger partial charge in [0.2, 0.25) is 0 Å². The van der Waals surface area contributed by atoms with Crippen LogP contribution in [0.2, 0.25) is 0 Å². The molecule has 0 spiro atoms. The molecule has 10 rings (SSSR count). The van der Waals surface area contributed by atoms with E-state index in [-0.39, 0.29) is 0 Å². The van der Waals surface area contributed by atoms with Gasteiger partial charge in [-0.1, -0.05) is 133 Å². The van der Waals surface area contributed by atoms with Gasteiger partial charge < -0.3 is 4.42 Å². The van der Waals surface area contributed by atoms with Crippen LogP contribution >= 0.6 is 0 Å². The molecule has 0 amide bonds. The van der Waals surface area contributed by atoms with Crippen molar-refractivity contribution < 1.29 is 40.1 Å². The van der Waals surface area contributed by atoms with Crippen molar-refractivity contribution in [2.24, 2.45) is 0 Å². The molecule has 1 aromatic heterocycles. The Morgan fingerprint density at radius 1 is 0.356 bits per heavy atom. The first kappa shape index (κ1) is 10.3. The van der Waals surface area contributed by atoms with Crippen LogP contribution in [0.4, 0.5) is 0 Å². The SMILES string of the molecule is [2H]c1c(-c2c3c([2H])c([2H])c([2H])c([2H])c3c(-c3c([2H])c4c([2H])c([2H])c([2H])c([2H])c4c4c([2H])c([2H])c([2H])c([2H])c34)c3c([2H])c([2H])c([2H])c([2H])c23)c([2H])c2c(oc3c4c([2H])c([2H])c([2H])c([2H])c4c([2H])c([2H])c32)c1[2H]. The van der Waals surface area contributed by atoms with Gasteiger partial charge in [-0.2, -0.15) is 0 Å². The largest absolute Gasteiger partial charge is 0.455 e. The van der Waals surface area contributed by atoms with Crippen molar-refractivity contribution in [3.05, 3.63) is 157 Å². The molecular weight excluding hydrogens is 544 g/mol. The van der Waals surface area contributed by atoms with Gasteiger partial charge in [0.15, 0.2) is 0 Å². The van der Waals surface area contributed by atoms with E-state index in [2.05, 4.69) is 0 Å². The van der Waals surface area contributed by atoms with Gasteiger partial charge in [-0.3, -0.25) is 0 Å². The molecule has 1 heterocycles. The summed E-state index contributed by atoms with van der Waals surface area (Å²) in [4.78, 5) is 0. The molecule has 1 heteroatoms. The fraction of sp³-hybridized carbons (Fsp3) is 0. The van der Waals surface area contributed by atoms with E-state index in [0.717, 1.165) is 0 Å². The standard InChI is InChI=1S/C44H26O/c1-4-14-31-27(11-1)21-23-38-39-26-29(22-24-41(39)45-44(31)38)42-34-17-7-9-19-36(34)43(37-20-10-8-18-35(37)42)40-25-28-12-2-3-13-30(28)32-15-5-6-16-33(32)40/h1-26H/i1D,2D,3D,4D,5D,6D,7D,8D,9D,10D,11D,12D,13D,14D,15D,16D,17D,18D,19D,20D,21D,22D,23D,24D,25D,26D. The summed E-state index contributed by atoms with van der Waals surface area (Å²) < 4.78 is 241. The van der Waals surface area contributed by atoms with E-state index in [1.165, 1.54) is 0 Å². The Labute approximate surface area is 296 Å². The number of benzene rings is 9. The van der Waals surface area contributed by atoms with Crippen molar-refractivity contribution in [3.8, 4) is 22.3 Å². The predicted molar refractivity (Wildman–Crippen MR) is 192 cm³/mol. The van der Waals surface area contributed by atoms with Crippen molar-refractivity contribution in [1.82, 2.24) is 0 Å². The predicted octanol–water partition coefficient (Wildman–Crippen LogP) is 12.7. The van der Waals surface area contributed by atoms with Crippen molar-refractivity contribution in [3.63, 3.8) is 0 Å². The first-order valence-corrected chi connectivity index (χ1v) is 13.4. The molecule has 10 aromatic rings. The molecule has 208 valence electrons. The summed E-state index contributed by atoms with van der Waals surface area (Å²) in [5.74, 6) is 0. The molecule has 0 bridgehead atoms. The molecule has 0 radical (unpaired) electrons. The van der Waals surface area contributed by atoms with Crippen LogP contribution in [0.5, 0.6) is 0 Å². The highest BCUT2D eigenvalue weighted by molar-refractivity contribution is 6.26. The van der Waals surface area contributed by atoms with Gasteiger partial charge in [-0.15, -0.1) is 0 Å². The highest BCUT2D eigenvalue weighted by Gasteiger charge is 2.20. The molecule has 0 saturated heterocycles. The van der Waals surface area contributed by atoms with Gasteiger partial charge in [-0.25, -0.2) is 0 Å². The zero-order chi connectivity index (χ0) is 52.1. The zero-order valence-corrected chi connectivity index (χ0v) is 22.4. The third-order valence-corrected chi connectivity index (χ3v) is 7.69. The van der Waals surface area contributed by atoms with Gasteiger partial charge in [-0.05, 0) is 94.9 Å². The lowest BCUT2D eigenvalue weighted by molar-refractivity contribution is 0.672. The number of hydrogen-bond acceptors (Lipinski definition) is 1. The molecule has 0 unspecified atom stereocenters. The second-order valence-electron chi connectivity index (χ2n) is 10.0. The van der Waals surface area contributed by atoms with Crippen LogP contribution in [0.15, 0.2) is 162 Å². The van der Waals surface area contributed by atoms with E-state index < -0.39 is 255 Å². The second kappa shape index (κ2) is 9.29. The van der Waals surface area contributed by atoms with Crippen LogP contribution in [-0.2, 0) is 0 Å². The summed E-state index contributed by atoms with van der Waals surface area (Å²) in [7, 11) is 0. The van der Waals surface area contributed by atoms with Crippen molar-refractivity contribution in [2.75, 3.05) is 0 Å². The summed E-state index contributed by atoms with van der Waals surface area (Å²) in [5, 5.41) is -7.05. The van der Waals surface area contributed by atoms with Crippen LogP contribution in [0.3, 0.4) is 0 Å². The Hall–Kier alpha value is -5.92. The van der Waals surface area contributed by atoms with E-state index >= 15 is 0 Å². The van der Waals surface area contributed by atoms with Crippen LogP contribution in [0, 0.1) is 0 Å². The quantitative estimate of drug-likeness (QED) is 0.143. The van der Waals surface area contributed by atoms with Crippen LogP contribution in [0.25, 0.3) is 98.1 Å². The van der Waals surface area contributed by atoms with Crippen molar-refractivity contribution in [2.45, 2.75) is 0 Å². The summed E-state index contributed by atoms with van der Waals surface area (Å²) in [6.45, 7) is 0. The lowest BCUT2D eigenvalue weighted by Gasteiger charge is -2.19. The molecule has 0 aliphatic rings. The van der Waals surface area contributed by atoms with Gasteiger partial charge >= 0.3 is 0 Å². The maximum Gasteiger partial charge on any atom is 0.143 e. The number of hydrogen-bond donors (Lipinski definition) is 0. The minimum Gasteiger partial charge on any atom is -0.455 e. The van der Waals surface area contributed by atoms with Crippen molar-refractivity contribution >= 4 is 75.8 Å². The van der Waals surface area contributed by atoms with E-state index in [0.29, 0.717) is 0 Å². The molecule has 0 saturated carbocycles. The molecule has 0 atom stereocenters. The van der Waals surface area contributed by atoms with Crippen LogP contribution in [0.1, 0.15) is 35.6 Å². The van der Waals surface area contributed by atoms with Crippen LogP contribution in [-0.4, -0.2) is 0 Å². The molecular formula is C44H26O. The average molecular weight is 597 g/mol. The molecule has 0 N–H and O–H groups in total. The topological polar surface area (TPSA) is 13.1 Å². The Kier molecular flexibility index (Phi) is 2.13. The normalized spacial score (nSPS) is 20.1. The minimum absolute atomic E-state index is 0.407. The fourth-order valence-corrected chi connectivity index (χ4v) is 5.82. The Morgan fingerprint density at radius 2 is 0.911 bits per heavy atom. The summed E-state index contributed by atoms with van der Waals surface area (Å²) in [5.41, 5.74) is -3.94. The lowest BCUT2D eigenvalue weighted by Crippen LogP contribution is -1.92. The summed E-state index contributed by atoms with van der Waals surface area (Å²) in [6, 6.07) is -22.9. The molecule has 0 aliphatic heterocycles. The first-order chi connectivity index (χ1) is 33.2. The number of rotatable bonds is 2. The molecule has 0 fully saturated rings. The van der Waals surface area contributed by atoms with Crippen LogP contribution < -0.4 is 0 Å². The Bertz CT molecular complexity index is 4210. The van der Waals surface area contributed by atoms with Gasteiger partial charge in [0.05, 0.1) is 35.6 Å². The van der Waals surface area contributed by atoms with E-state index in [1.54, 1.807) is 0 Å². The molecule has 9 aromatic carbocycles. The average Bonchev–Trinajstić information content (AvgIpc) is 3.75. The molecule has 45 heavy (non-hydrogen) atoms. The fourth-order valence-electron chi connectivity index (χ4n) is 5.82. The maximum absolute atomic E-state index is 9.85. The second-order valence-corrected chi connectivity index (χ2v) is 10.0.